The summed E-state index contributed by atoms with van der Waals surface area (Å²) in [7, 11) is 0. The number of halogens is 2. The highest BCUT2D eigenvalue weighted by molar-refractivity contribution is 6.32. The molecule has 1 aromatic heterocycles. The van der Waals surface area contributed by atoms with Gasteiger partial charge in [0.25, 0.3) is 0 Å². The molecule has 0 aliphatic heterocycles. The fraction of sp³-hybridized carbons (Fsp3) is 0.667. The zero-order valence-electron chi connectivity index (χ0n) is 12.7. The highest BCUT2D eigenvalue weighted by Crippen LogP contribution is 2.22. The van der Waals surface area contributed by atoms with Crippen LogP contribution in [-0.2, 0) is 5.88 Å². The van der Waals surface area contributed by atoms with Gasteiger partial charge in [0.2, 0.25) is 0 Å². The van der Waals surface area contributed by atoms with Crippen LogP contribution in [0.5, 0.6) is 0 Å². The molecule has 1 aromatic rings. The first-order valence-electron chi connectivity index (χ1n) is 7.33. The molecule has 5 heteroatoms. The van der Waals surface area contributed by atoms with Gasteiger partial charge in [-0.05, 0) is 44.6 Å². The molecule has 0 saturated carbocycles. The monoisotopic (exact) mass is 317 g/mol. The number of hydrogen-bond acceptors (Lipinski definition) is 3. The van der Waals surface area contributed by atoms with E-state index in [-0.39, 0.29) is 0 Å². The molecule has 0 fully saturated rings. The second kappa shape index (κ2) is 9.43. The highest BCUT2D eigenvalue weighted by atomic mass is 35.5. The van der Waals surface area contributed by atoms with Crippen LogP contribution in [0.3, 0.4) is 0 Å². The lowest BCUT2D eigenvalue weighted by molar-refractivity contribution is 0.300. The van der Waals surface area contributed by atoms with Crippen molar-refractivity contribution in [3.8, 4) is 0 Å². The number of anilines is 1. The molecule has 0 amide bonds. The molecular formula is C15H25Cl2N3. The van der Waals surface area contributed by atoms with Crippen molar-refractivity contribution >= 4 is 29.0 Å². The standard InChI is InChI=1S/C15H25Cl2N3/c1-4-19(5-2)8-7-9-20(6-3)15-10-13(11-16)14(17)12-18-15/h10,12H,4-9,11H2,1-3H3. The molecule has 0 saturated heterocycles. The minimum atomic E-state index is 0.422. The SMILES string of the molecule is CCN(CC)CCCN(CC)c1cc(CCl)c(Cl)cn1. The molecule has 0 radical (unpaired) electrons. The average Bonchev–Trinajstić information content (AvgIpc) is 2.48. The van der Waals surface area contributed by atoms with Crippen molar-refractivity contribution in [1.29, 1.82) is 0 Å². The van der Waals surface area contributed by atoms with Crippen LogP contribution in [0.2, 0.25) is 5.02 Å². The third-order valence-corrected chi connectivity index (χ3v) is 4.20. The summed E-state index contributed by atoms with van der Waals surface area (Å²) < 4.78 is 0. The molecule has 0 unspecified atom stereocenters. The smallest absolute Gasteiger partial charge is 0.128 e. The Morgan fingerprint density at radius 1 is 1.10 bits per heavy atom. The molecule has 114 valence electrons. The third-order valence-electron chi connectivity index (χ3n) is 3.57. The Kier molecular flexibility index (Phi) is 8.27. The maximum Gasteiger partial charge on any atom is 0.128 e. The van der Waals surface area contributed by atoms with Gasteiger partial charge in [-0.15, -0.1) is 11.6 Å². The Hall–Kier alpha value is -0.510. The molecule has 20 heavy (non-hydrogen) atoms. The van der Waals surface area contributed by atoms with Crippen molar-refractivity contribution < 1.29 is 0 Å². The van der Waals surface area contributed by atoms with Gasteiger partial charge < -0.3 is 9.80 Å². The molecule has 0 aliphatic rings. The normalized spacial score (nSPS) is 11.1. The summed E-state index contributed by atoms with van der Waals surface area (Å²) in [5.74, 6) is 1.39. The number of pyridine rings is 1. The maximum absolute atomic E-state index is 6.06. The summed E-state index contributed by atoms with van der Waals surface area (Å²) in [6, 6.07) is 2.00. The average molecular weight is 318 g/mol. The van der Waals surface area contributed by atoms with Crippen molar-refractivity contribution in [3.63, 3.8) is 0 Å². The van der Waals surface area contributed by atoms with Crippen molar-refractivity contribution in [2.75, 3.05) is 37.6 Å². The van der Waals surface area contributed by atoms with E-state index in [1.165, 1.54) is 0 Å². The Bertz CT molecular complexity index is 395. The van der Waals surface area contributed by atoms with Crippen molar-refractivity contribution in [2.45, 2.75) is 33.1 Å². The molecule has 0 bridgehead atoms. The maximum atomic E-state index is 6.06. The van der Waals surface area contributed by atoms with Gasteiger partial charge in [-0.1, -0.05) is 25.4 Å². The van der Waals surface area contributed by atoms with E-state index >= 15 is 0 Å². The Morgan fingerprint density at radius 3 is 2.35 bits per heavy atom. The van der Waals surface area contributed by atoms with E-state index < -0.39 is 0 Å². The first-order chi connectivity index (χ1) is 9.65. The van der Waals surface area contributed by atoms with Crippen LogP contribution >= 0.6 is 23.2 Å². The highest BCUT2D eigenvalue weighted by Gasteiger charge is 2.09. The number of rotatable bonds is 9. The number of aromatic nitrogens is 1. The van der Waals surface area contributed by atoms with Gasteiger partial charge in [0.15, 0.2) is 0 Å². The molecule has 1 rings (SSSR count). The summed E-state index contributed by atoms with van der Waals surface area (Å²) in [6.07, 6.45) is 2.83. The second-order valence-electron chi connectivity index (χ2n) is 4.73. The van der Waals surface area contributed by atoms with E-state index in [2.05, 4.69) is 35.6 Å². The summed E-state index contributed by atoms with van der Waals surface area (Å²) in [5.41, 5.74) is 0.945. The first-order valence-corrected chi connectivity index (χ1v) is 8.25. The van der Waals surface area contributed by atoms with Crippen LogP contribution in [0, 0.1) is 0 Å². The third kappa shape index (κ3) is 5.12. The predicted octanol–water partition coefficient (Wildman–Crippen LogP) is 4.03. The van der Waals surface area contributed by atoms with Crippen molar-refractivity contribution in [1.82, 2.24) is 9.88 Å². The van der Waals surface area contributed by atoms with E-state index in [1.807, 2.05) is 6.07 Å². The number of alkyl halides is 1. The Morgan fingerprint density at radius 2 is 1.80 bits per heavy atom. The minimum Gasteiger partial charge on any atom is -0.357 e. The number of nitrogens with zero attached hydrogens (tertiary/aromatic N) is 3. The first kappa shape index (κ1) is 17.5. The lowest BCUT2D eigenvalue weighted by atomic mass is 10.2. The lowest BCUT2D eigenvalue weighted by Crippen LogP contribution is -2.30. The van der Waals surface area contributed by atoms with E-state index in [0.29, 0.717) is 10.9 Å². The van der Waals surface area contributed by atoms with Crippen LogP contribution < -0.4 is 4.90 Å². The quantitative estimate of drug-likeness (QED) is 0.641. The van der Waals surface area contributed by atoms with Gasteiger partial charge in [0.1, 0.15) is 5.82 Å². The summed E-state index contributed by atoms with van der Waals surface area (Å²) in [6.45, 7) is 11.8. The van der Waals surface area contributed by atoms with Crippen LogP contribution in [0.25, 0.3) is 0 Å². The number of hydrogen-bond donors (Lipinski definition) is 0. The Labute approximate surface area is 132 Å². The van der Waals surface area contributed by atoms with Crippen LogP contribution in [-0.4, -0.2) is 42.6 Å². The molecule has 3 nitrogen and oxygen atoms in total. The zero-order valence-corrected chi connectivity index (χ0v) is 14.2. The topological polar surface area (TPSA) is 19.4 Å². The van der Waals surface area contributed by atoms with Crippen LogP contribution in [0.15, 0.2) is 12.3 Å². The largest absolute Gasteiger partial charge is 0.357 e. The van der Waals surface area contributed by atoms with Gasteiger partial charge in [-0.25, -0.2) is 4.98 Å². The van der Waals surface area contributed by atoms with Gasteiger partial charge in [0, 0.05) is 25.2 Å². The predicted molar refractivity (Wildman–Crippen MR) is 89.1 cm³/mol. The van der Waals surface area contributed by atoms with Crippen molar-refractivity contribution in [3.05, 3.63) is 22.8 Å². The van der Waals surface area contributed by atoms with Gasteiger partial charge in [-0.2, -0.15) is 0 Å². The van der Waals surface area contributed by atoms with Gasteiger partial charge in [-0.3, -0.25) is 0 Å². The van der Waals surface area contributed by atoms with E-state index in [0.717, 1.165) is 50.5 Å². The van der Waals surface area contributed by atoms with Crippen LogP contribution in [0.4, 0.5) is 5.82 Å². The van der Waals surface area contributed by atoms with E-state index in [9.17, 15) is 0 Å². The van der Waals surface area contributed by atoms with Crippen LogP contribution in [0.1, 0.15) is 32.8 Å². The molecule has 0 aliphatic carbocycles. The van der Waals surface area contributed by atoms with Crippen molar-refractivity contribution in [2.24, 2.45) is 0 Å². The molecule has 1 heterocycles. The molecule has 0 atom stereocenters. The molecule has 0 aromatic carbocycles. The molecule has 0 spiro atoms. The zero-order chi connectivity index (χ0) is 15.0. The lowest BCUT2D eigenvalue weighted by Gasteiger charge is -2.24. The summed E-state index contributed by atoms with van der Waals surface area (Å²) in [5, 5.41) is 0.642. The summed E-state index contributed by atoms with van der Waals surface area (Å²) in [4.78, 5) is 9.13. The fourth-order valence-electron chi connectivity index (χ4n) is 2.20. The van der Waals surface area contributed by atoms with E-state index in [1.54, 1.807) is 6.20 Å². The van der Waals surface area contributed by atoms with E-state index in [4.69, 9.17) is 23.2 Å². The Balaban J connectivity index is 2.62. The molecule has 0 N–H and O–H groups in total. The fourth-order valence-corrected chi connectivity index (χ4v) is 2.66. The molecular weight excluding hydrogens is 293 g/mol. The second-order valence-corrected chi connectivity index (χ2v) is 5.40. The summed E-state index contributed by atoms with van der Waals surface area (Å²) >= 11 is 12.0. The van der Waals surface area contributed by atoms with Gasteiger partial charge >= 0.3 is 0 Å². The minimum absolute atomic E-state index is 0.422. The van der Waals surface area contributed by atoms with Gasteiger partial charge in [0.05, 0.1) is 5.02 Å².